The van der Waals surface area contributed by atoms with E-state index in [0.29, 0.717) is 42.9 Å². The molecule has 2 aromatic heterocycles. The minimum absolute atomic E-state index is 0.0864. The van der Waals surface area contributed by atoms with E-state index in [9.17, 15) is 18.0 Å². The van der Waals surface area contributed by atoms with Crippen LogP contribution in [-0.2, 0) is 12.6 Å². The number of benzene rings is 1. The van der Waals surface area contributed by atoms with E-state index < -0.39 is 17.8 Å². The zero-order valence-corrected chi connectivity index (χ0v) is 17.2. The van der Waals surface area contributed by atoms with Crippen molar-refractivity contribution in [1.29, 1.82) is 0 Å². The number of carbonyl (C=O) groups excluding carboxylic acids is 1. The van der Waals surface area contributed by atoms with Gasteiger partial charge in [0.05, 0.1) is 11.6 Å². The first-order chi connectivity index (χ1) is 15.4. The number of nitrogens with one attached hydrogen (secondary N) is 1. The molecule has 1 unspecified atom stereocenters. The summed E-state index contributed by atoms with van der Waals surface area (Å²) < 4.78 is 43.2. The monoisotopic (exact) mass is 445 g/mol. The van der Waals surface area contributed by atoms with Gasteiger partial charge in [-0.1, -0.05) is 17.3 Å². The van der Waals surface area contributed by atoms with Crippen molar-refractivity contribution in [3.05, 3.63) is 65.8 Å². The van der Waals surface area contributed by atoms with E-state index in [0.717, 1.165) is 30.8 Å². The zero-order valence-electron chi connectivity index (χ0n) is 17.2. The van der Waals surface area contributed by atoms with Crippen LogP contribution >= 0.6 is 0 Å². The minimum Gasteiger partial charge on any atom is -0.342 e. The van der Waals surface area contributed by atoms with Crippen LogP contribution in [0.1, 0.15) is 27.9 Å². The van der Waals surface area contributed by atoms with Crippen molar-refractivity contribution in [2.75, 3.05) is 26.2 Å². The topological polar surface area (TPSA) is 84.1 Å². The molecule has 7 nitrogen and oxygen atoms in total. The fraction of sp³-hybridized carbons (Fsp3) is 0.364. The first-order valence-electron chi connectivity index (χ1n) is 10.3. The maximum atomic E-state index is 13.5. The predicted octanol–water partition coefficient (Wildman–Crippen LogP) is 3.24. The number of Topliss-reactive ketones (excluding diaryl/α,β-unsaturated/α-hetero) is 1. The van der Waals surface area contributed by atoms with Gasteiger partial charge in [-0.05, 0) is 36.6 Å². The number of piperazine rings is 1. The van der Waals surface area contributed by atoms with Gasteiger partial charge in [-0.3, -0.25) is 14.7 Å². The number of aryl methyl sites for hydroxylation is 1. The third-order valence-electron chi connectivity index (χ3n) is 5.52. The number of hydrogen-bond donors (Lipinski definition) is 1. The van der Waals surface area contributed by atoms with Gasteiger partial charge in [-0.15, -0.1) is 0 Å². The number of hydrogen-bond acceptors (Lipinski definition) is 7. The fourth-order valence-corrected chi connectivity index (χ4v) is 3.82. The van der Waals surface area contributed by atoms with Crippen molar-refractivity contribution in [3.8, 4) is 11.4 Å². The summed E-state index contributed by atoms with van der Waals surface area (Å²) in [5.41, 5.74) is 1.08. The quantitative estimate of drug-likeness (QED) is 0.559. The molecule has 1 aliphatic rings. The van der Waals surface area contributed by atoms with Crippen molar-refractivity contribution in [1.82, 2.24) is 25.3 Å². The van der Waals surface area contributed by atoms with Crippen molar-refractivity contribution < 1.29 is 22.5 Å². The van der Waals surface area contributed by atoms with E-state index in [1.807, 2.05) is 0 Å². The molecule has 3 aromatic rings. The standard InChI is InChI=1S/C22H22F3N5O2/c23-22(24,25)18-4-1-15(2-5-18)3-6-19(30-9-7-26-8-10-30)20(31)16-11-17(13-27-12-16)21-28-14-32-29-21/h1-2,4-5,11-14,19,26H,3,6-10H2. The van der Waals surface area contributed by atoms with Crippen LogP contribution in [0, 0.1) is 0 Å². The molecule has 0 bridgehead atoms. The van der Waals surface area contributed by atoms with Crippen LogP contribution < -0.4 is 5.32 Å². The second-order valence-electron chi connectivity index (χ2n) is 7.62. The van der Waals surface area contributed by atoms with Crippen molar-refractivity contribution >= 4 is 5.78 Å². The molecule has 168 valence electrons. The molecule has 1 aromatic carbocycles. The molecular formula is C22H22F3N5O2. The molecule has 32 heavy (non-hydrogen) atoms. The highest BCUT2D eigenvalue weighted by molar-refractivity contribution is 6.00. The largest absolute Gasteiger partial charge is 0.416 e. The highest BCUT2D eigenvalue weighted by Gasteiger charge is 2.31. The number of alkyl halides is 3. The zero-order chi connectivity index (χ0) is 22.6. The number of halogens is 3. The van der Waals surface area contributed by atoms with Crippen LogP contribution in [0.4, 0.5) is 13.2 Å². The number of carbonyl (C=O) groups is 1. The SMILES string of the molecule is O=C(c1cncc(-c2ncon2)c1)C(CCc1ccc(C(F)(F)F)cc1)N1CCNCC1. The third-order valence-corrected chi connectivity index (χ3v) is 5.52. The lowest BCUT2D eigenvalue weighted by Crippen LogP contribution is -2.51. The van der Waals surface area contributed by atoms with Crippen LogP contribution in [0.5, 0.6) is 0 Å². The van der Waals surface area contributed by atoms with Crippen LogP contribution in [0.25, 0.3) is 11.4 Å². The summed E-state index contributed by atoms with van der Waals surface area (Å²) >= 11 is 0. The Morgan fingerprint density at radius 3 is 2.56 bits per heavy atom. The Kier molecular flexibility index (Phi) is 6.61. The summed E-state index contributed by atoms with van der Waals surface area (Å²) in [5.74, 6) is 0.257. The number of rotatable bonds is 7. The van der Waals surface area contributed by atoms with E-state index >= 15 is 0 Å². The van der Waals surface area contributed by atoms with Crippen molar-refractivity contribution in [2.45, 2.75) is 25.1 Å². The van der Waals surface area contributed by atoms with Gasteiger partial charge in [0.15, 0.2) is 5.78 Å². The second-order valence-corrected chi connectivity index (χ2v) is 7.62. The van der Waals surface area contributed by atoms with Crippen molar-refractivity contribution in [3.63, 3.8) is 0 Å². The van der Waals surface area contributed by atoms with Crippen LogP contribution in [0.3, 0.4) is 0 Å². The molecule has 3 heterocycles. The first kappa shape index (κ1) is 22.1. The van der Waals surface area contributed by atoms with Crippen LogP contribution in [0.2, 0.25) is 0 Å². The molecular weight excluding hydrogens is 423 g/mol. The summed E-state index contributed by atoms with van der Waals surface area (Å²) in [4.78, 5) is 23.7. The van der Waals surface area contributed by atoms with E-state index in [2.05, 4.69) is 25.3 Å². The Hall–Kier alpha value is -3.11. The van der Waals surface area contributed by atoms with Gasteiger partial charge in [0.25, 0.3) is 0 Å². The summed E-state index contributed by atoms with van der Waals surface area (Å²) in [6.07, 6.45) is 0.877. The van der Waals surface area contributed by atoms with Crippen LogP contribution in [-0.4, -0.2) is 58.0 Å². The Bertz CT molecular complexity index is 1030. The molecule has 1 N–H and O–H groups in total. The summed E-state index contributed by atoms with van der Waals surface area (Å²) in [5, 5.41) is 7.06. The van der Waals surface area contributed by atoms with Gasteiger partial charge in [0.2, 0.25) is 12.2 Å². The summed E-state index contributed by atoms with van der Waals surface area (Å²) in [6, 6.07) is 6.38. The third kappa shape index (κ3) is 5.20. The lowest BCUT2D eigenvalue weighted by molar-refractivity contribution is -0.137. The van der Waals surface area contributed by atoms with Gasteiger partial charge in [0.1, 0.15) is 0 Å². The lowest BCUT2D eigenvalue weighted by atomic mass is 9.95. The molecule has 0 amide bonds. The average molecular weight is 445 g/mol. The maximum Gasteiger partial charge on any atom is 0.416 e. The highest BCUT2D eigenvalue weighted by Crippen LogP contribution is 2.29. The fourth-order valence-electron chi connectivity index (χ4n) is 3.82. The first-order valence-corrected chi connectivity index (χ1v) is 10.3. The van der Waals surface area contributed by atoms with Gasteiger partial charge < -0.3 is 9.84 Å². The molecule has 0 aliphatic carbocycles. The van der Waals surface area contributed by atoms with E-state index in [-0.39, 0.29) is 5.78 Å². The molecule has 1 atom stereocenters. The number of ketones is 1. The molecule has 1 aliphatic heterocycles. The molecule has 1 saturated heterocycles. The predicted molar refractivity (Wildman–Crippen MR) is 110 cm³/mol. The minimum atomic E-state index is -4.37. The maximum absolute atomic E-state index is 13.5. The number of nitrogens with zero attached hydrogens (tertiary/aromatic N) is 4. The summed E-state index contributed by atoms with van der Waals surface area (Å²) in [7, 11) is 0. The van der Waals surface area contributed by atoms with Crippen molar-refractivity contribution in [2.24, 2.45) is 0 Å². The molecule has 0 spiro atoms. The highest BCUT2D eigenvalue weighted by atomic mass is 19.4. The average Bonchev–Trinajstić information content (AvgIpc) is 3.35. The molecule has 4 rings (SSSR count). The molecule has 10 heteroatoms. The second kappa shape index (κ2) is 9.58. The lowest BCUT2D eigenvalue weighted by Gasteiger charge is -2.34. The Morgan fingerprint density at radius 2 is 1.91 bits per heavy atom. The number of pyridine rings is 1. The normalized spacial score (nSPS) is 16.1. The Balaban J connectivity index is 1.53. The van der Waals surface area contributed by atoms with Gasteiger partial charge in [-0.2, -0.15) is 18.2 Å². The number of aromatic nitrogens is 3. The van der Waals surface area contributed by atoms with Crippen LogP contribution in [0.15, 0.2) is 53.6 Å². The van der Waals surface area contributed by atoms with Gasteiger partial charge in [-0.25, -0.2) is 0 Å². The molecule has 0 radical (unpaired) electrons. The van der Waals surface area contributed by atoms with E-state index in [1.165, 1.54) is 24.7 Å². The van der Waals surface area contributed by atoms with E-state index in [4.69, 9.17) is 4.52 Å². The van der Waals surface area contributed by atoms with Gasteiger partial charge >= 0.3 is 6.18 Å². The Morgan fingerprint density at radius 1 is 1.16 bits per heavy atom. The summed E-state index contributed by atoms with van der Waals surface area (Å²) in [6.45, 7) is 2.96. The van der Waals surface area contributed by atoms with E-state index in [1.54, 1.807) is 12.3 Å². The Labute approximate surface area is 182 Å². The molecule has 0 saturated carbocycles. The smallest absolute Gasteiger partial charge is 0.342 e. The molecule has 1 fully saturated rings. The van der Waals surface area contributed by atoms with Gasteiger partial charge in [0, 0.05) is 49.7 Å².